The van der Waals surface area contributed by atoms with Crippen LogP contribution >= 0.6 is 0 Å². The van der Waals surface area contributed by atoms with Gasteiger partial charge in [-0.1, -0.05) is 25.1 Å². The molecule has 3 N–H and O–H groups in total. The van der Waals surface area contributed by atoms with Gasteiger partial charge in [-0.3, -0.25) is 9.59 Å². The summed E-state index contributed by atoms with van der Waals surface area (Å²) in [4.78, 5) is 34.5. The number of carbonyl (C=O) groups excluding carboxylic acids is 2. The maximum Gasteiger partial charge on any atom is 0.326 e. The molecule has 0 aliphatic rings. The van der Waals surface area contributed by atoms with E-state index in [4.69, 9.17) is 5.11 Å². The van der Waals surface area contributed by atoms with Crippen LogP contribution in [0.15, 0.2) is 30.3 Å². The molecule has 1 atom stereocenters. The minimum atomic E-state index is -1.15. The van der Waals surface area contributed by atoms with E-state index in [0.717, 1.165) is 6.42 Å². The van der Waals surface area contributed by atoms with Crippen LogP contribution < -0.4 is 10.6 Å². The van der Waals surface area contributed by atoms with E-state index in [2.05, 4.69) is 10.6 Å². The summed E-state index contributed by atoms with van der Waals surface area (Å²) in [7, 11) is 0. The molecule has 1 unspecified atom stereocenters. The second kappa shape index (κ2) is 8.73. The van der Waals surface area contributed by atoms with Crippen LogP contribution in [0.2, 0.25) is 0 Å². The lowest BCUT2D eigenvalue weighted by molar-refractivity contribution is -0.139. The van der Waals surface area contributed by atoms with Crippen molar-refractivity contribution in [2.75, 3.05) is 6.54 Å². The zero-order valence-electron chi connectivity index (χ0n) is 12.0. The molecule has 0 bridgehead atoms. The minimum absolute atomic E-state index is 0.0590. The van der Waals surface area contributed by atoms with Gasteiger partial charge in [0, 0.05) is 18.5 Å². The number of amides is 2. The van der Waals surface area contributed by atoms with Crippen molar-refractivity contribution in [1.29, 1.82) is 0 Å². The molecule has 0 saturated carbocycles. The number of carboxylic acids is 1. The van der Waals surface area contributed by atoms with E-state index < -0.39 is 17.9 Å². The zero-order valence-corrected chi connectivity index (χ0v) is 12.0. The molecule has 114 valence electrons. The molecule has 6 nitrogen and oxygen atoms in total. The topological polar surface area (TPSA) is 95.5 Å². The fourth-order valence-electron chi connectivity index (χ4n) is 1.72. The van der Waals surface area contributed by atoms with Gasteiger partial charge in [0.2, 0.25) is 5.91 Å². The summed E-state index contributed by atoms with van der Waals surface area (Å²) in [5.41, 5.74) is 0.388. The molecular weight excluding hydrogens is 272 g/mol. The number of benzene rings is 1. The molecule has 0 fully saturated rings. The van der Waals surface area contributed by atoms with Crippen LogP contribution in [0.3, 0.4) is 0 Å². The summed E-state index contributed by atoms with van der Waals surface area (Å²) >= 11 is 0. The van der Waals surface area contributed by atoms with Gasteiger partial charge in [-0.15, -0.1) is 0 Å². The van der Waals surface area contributed by atoms with Gasteiger partial charge < -0.3 is 15.7 Å². The maximum absolute atomic E-state index is 11.9. The normalized spacial score (nSPS) is 11.5. The first kappa shape index (κ1) is 16.7. The van der Waals surface area contributed by atoms with Crippen molar-refractivity contribution in [2.45, 2.75) is 32.2 Å². The fraction of sp³-hybridized carbons (Fsp3) is 0.400. The summed E-state index contributed by atoms with van der Waals surface area (Å²) in [6.07, 6.45) is 0.939. The SMILES string of the molecule is CCCNC(=O)CCC(NC(=O)c1ccccc1)C(=O)O. The van der Waals surface area contributed by atoms with Gasteiger partial charge in [0.25, 0.3) is 5.91 Å². The van der Waals surface area contributed by atoms with Gasteiger partial charge >= 0.3 is 5.97 Å². The second-order valence-corrected chi connectivity index (χ2v) is 4.62. The maximum atomic E-state index is 11.9. The Balaban J connectivity index is 2.52. The third kappa shape index (κ3) is 6.07. The molecular formula is C15H20N2O4. The second-order valence-electron chi connectivity index (χ2n) is 4.62. The number of rotatable bonds is 8. The number of aliphatic carboxylic acids is 1. The summed E-state index contributed by atoms with van der Waals surface area (Å²) in [5, 5.41) is 14.2. The molecule has 0 aliphatic carbocycles. The molecule has 0 saturated heterocycles. The van der Waals surface area contributed by atoms with Crippen molar-refractivity contribution in [3.8, 4) is 0 Å². The van der Waals surface area contributed by atoms with E-state index in [1.165, 1.54) is 0 Å². The van der Waals surface area contributed by atoms with Crippen molar-refractivity contribution >= 4 is 17.8 Å². The predicted octanol–water partition coefficient (Wildman–Crippen LogP) is 1.18. The minimum Gasteiger partial charge on any atom is -0.480 e. The lowest BCUT2D eigenvalue weighted by Crippen LogP contribution is -2.41. The highest BCUT2D eigenvalue weighted by Gasteiger charge is 2.21. The van der Waals surface area contributed by atoms with E-state index >= 15 is 0 Å². The standard InChI is InChI=1S/C15H20N2O4/c1-2-10-16-13(18)9-8-12(15(20)21)17-14(19)11-6-4-3-5-7-11/h3-7,12H,2,8-10H2,1H3,(H,16,18)(H,17,19)(H,20,21). The van der Waals surface area contributed by atoms with Gasteiger partial charge in [0.1, 0.15) is 6.04 Å². The first-order valence-electron chi connectivity index (χ1n) is 6.90. The largest absolute Gasteiger partial charge is 0.480 e. The monoisotopic (exact) mass is 292 g/mol. The van der Waals surface area contributed by atoms with Gasteiger partial charge in [0.05, 0.1) is 0 Å². The Morgan fingerprint density at radius 1 is 1.19 bits per heavy atom. The van der Waals surface area contributed by atoms with E-state index in [-0.39, 0.29) is 18.7 Å². The molecule has 0 heterocycles. The average Bonchev–Trinajstić information content (AvgIpc) is 2.49. The van der Waals surface area contributed by atoms with Gasteiger partial charge in [0.15, 0.2) is 0 Å². The van der Waals surface area contributed by atoms with Crippen LogP contribution in [0.4, 0.5) is 0 Å². The highest BCUT2D eigenvalue weighted by atomic mass is 16.4. The van der Waals surface area contributed by atoms with Crippen molar-refractivity contribution in [1.82, 2.24) is 10.6 Å². The fourth-order valence-corrected chi connectivity index (χ4v) is 1.72. The summed E-state index contributed by atoms with van der Waals surface area (Å²) < 4.78 is 0. The quantitative estimate of drug-likeness (QED) is 0.670. The van der Waals surface area contributed by atoms with Gasteiger partial charge in [-0.2, -0.15) is 0 Å². The molecule has 0 aromatic heterocycles. The smallest absolute Gasteiger partial charge is 0.326 e. The Morgan fingerprint density at radius 2 is 1.86 bits per heavy atom. The summed E-state index contributed by atoms with van der Waals surface area (Å²) in [5.74, 6) is -1.82. The predicted molar refractivity (Wildman–Crippen MR) is 77.9 cm³/mol. The molecule has 21 heavy (non-hydrogen) atoms. The van der Waals surface area contributed by atoms with Crippen molar-refractivity contribution < 1.29 is 19.5 Å². The van der Waals surface area contributed by atoms with Crippen molar-refractivity contribution in [2.24, 2.45) is 0 Å². The van der Waals surface area contributed by atoms with Crippen molar-refractivity contribution in [3.05, 3.63) is 35.9 Å². The first-order valence-corrected chi connectivity index (χ1v) is 6.90. The first-order chi connectivity index (χ1) is 10.0. The third-order valence-corrected chi connectivity index (χ3v) is 2.87. The number of hydrogen-bond donors (Lipinski definition) is 3. The van der Waals surface area contributed by atoms with Crippen LogP contribution in [-0.4, -0.2) is 35.5 Å². The summed E-state index contributed by atoms with van der Waals surface area (Å²) in [6, 6.07) is 7.28. The Morgan fingerprint density at radius 3 is 2.43 bits per heavy atom. The highest BCUT2D eigenvalue weighted by molar-refractivity contribution is 5.96. The molecule has 0 radical (unpaired) electrons. The van der Waals surface area contributed by atoms with E-state index in [9.17, 15) is 14.4 Å². The van der Waals surface area contributed by atoms with E-state index in [1.54, 1.807) is 30.3 Å². The van der Waals surface area contributed by atoms with Crippen molar-refractivity contribution in [3.63, 3.8) is 0 Å². The van der Waals surface area contributed by atoms with Crippen LogP contribution in [0, 0.1) is 0 Å². The van der Waals surface area contributed by atoms with Gasteiger partial charge in [-0.25, -0.2) is 4.79 Å². The lowest BCUT2D eigenvalue weighted by Gasteiger charge is -2.14. The number of carbonyl (C=O) groups is 3. The molecule has 1 rings (SSSR count). The lowest BCUT2D eigenvalue weighted by atomic mass is 10.1. The Labute approximate surface area is 123 Å². The van der Waals surface area contributed by atoms with Crippen LogP contribution in [-0.2, 0) is 9.59 Å². The Bertz CT molecular complexity index is 488. The van der Waals surface area contributed by atoms with Crippen LogP contribution in [0.5, 0.6) is 0 Å². The Hall–Kier alpha value is -2.37. The number of hydrogen-bond acceptors (Lipinski definition) is 3. The molecule has 0 aliphatic heterocycles. The van der Waals surface area contributed by atoms with E-state index in [0.29, 0.717) is 12.1 Å². The third-order valence-electron chi connectivity index (χ3n) is 2.87. The molecule has 0 spiro atoms. The van der Waals surface area contributed by atoms with Crippen LogP contribution in [0.25, 0.3) is 0 Å². The van der Waals surface area contributed by atoms with Gasteiger partial charge in [-0.05, 0) is 25.0 Å². The van der Waals surface area contributed by atoms with E-state index in [1.807, 2.05) is 6.92 Å². The number of nitrogens with one attached hydrogen (secondary N) is 2. The molecule has 1 aromatic carbocycles. The zero-order chi connectivity index (χ0) is 15.7. The highest BCUT2D eigenvalue weighted by Crippen LogP contribution is 2.03. The summed E-state index contributed by atoms with van der Waals surface area (Å²) in [6.45, 7) is 2.49. The molecule has 6 heteroatoms. The number of carboxylic acid groups (broad SMARTS) is 1. The molecule has 1 aromatic rings. The molecule has 2 amide bonds. The van der Waals surface area contributed by atoms with Crippen LogP contribution in [0.1, 0.15) is 36.5 Å². The average molecular weight is 292 g/mol. The Kier molecular flexibility index (Phi) is 6.94.